The standard InChI is InChI=1S/C20H25N3O2/c1-2-25-19(24)11-9-15-8-10-18(17(21)14-15)23-13-12-22-20(23)16-6-4-3-5-7-16/h8-14,16H,2-7,21H2,1H3. The first-order valence-electron chi connectivity index (χ1n) is 8.97. The van der Waals surface area contributed by atoms with Gasteiger partial charge in [-0.3, -0.25) is 0 Å². The van der Waals surface area contributed by atoms with Crippen molar-refractivity contribution in [1.29, 1.82) is 0 Å². The summed E-state index contributed by atoms with van der Waals surface area (Å²) in [6.07, 6.45) is 13.2. The van der Waals surface area contributed by atoms with Crippen molar-refractivity contribution in [3.8, 4) is 5.69 Å². The number of hydrogen-bond donors (Lipinski definition) is 1. The molecule has 25 heavy (non-hydrogen) atoms. The van der Waals surface area contributed by atoms with Gasteiger partial charge in [-0.05, 0) is 43.5 Å². The molecule has 0 saturated heterocycles. The molecule has 1 saturated carbocycles. The highest BCUT2D eigenvalue weighted by atomic mass is 16.5. The molecule has 0 aliphatic heterocycles. The average Bonchev–Trinajstić information content (AvgIpc) is 3.10. The quantitative estimate of drug-likeness (QED) is 0.506. The van der Waals surface area contributed by atoms with Crippen LogP contribution in [-0.4, -0.2) is 22.1 Å². The summed E-state index contributed by atoms with van der Waals surface area (Å²) in [4.78, 5) is 16.0. The summed E-state index contributed by atoms with van der Waals surface area (Å²) in [5, 5.41) is 0. The van der Waals surface area contributed by atoms with Crippen LogP contribution in [0.15, 0.2) is 36.7 Å². The van der Waals surface area contributed by atoms with Crippen LogP contribution in [0.3, 0.4) is 0 Å². The fraction of sp³-hybridized carbons (Fsp3) is 0.400. The lowest BCUT2D eigenvalue weighted by Crippen LogP contribution is -2.12. The molecule has 2 aromatic rings. The zero-order valence-corrected chi connectivity index (χ0v) is 14.6. The third kappa shape index (κ3) is 4.10. The molecule has 1 aliphatic rings. The fourth-order valence-electron chi connectivity index (χ4n) is 3.43. The monoisotopic (exact) mass is 339 g/mol. The molecule has 0 atom stereocenters. The minimum Gasteiger partial charge on any atom is -0.463 e. The van der Waals surface area contributed by atoms with Crippen molar-refractivity contribution < 1.29 is 9.53 Å². The number of nitrogen functional groups attached to an aromatic ring is 1. The van der Waals surface area contributed by atoms with Crippen LogP contribution in [0.1, 0.15) is 56.3 Å². The number of nitrogens with two attached hydrogens (primary N) is 1. The van der Waals surface area contributed by atoms with Crippen LogP contribution < -0.4 is 5.73 Å². The molecule has 0 bridgehead atoms. The fourth-order valence-corrected chi connectivity index (χ4v) is 3.43. The zero-order valence-electron chi connectivity index (χ0n) is 14.6. The first-order valence-corrected chi connectivity index (χ1v) is 8.97. The number of anilines is 1. The van der Waals surface area contributed by atoms with Gasteiger partial charge < -0.3 is 15.0 Å². The smallest absolute Gasteiger partial charge is 0.330 e. The lowest BCUT2D eigenvalue weighted by molar-refractivity contribution is -0.137. The number of carbonyl (C=O) groups is 1. The number of rotatable bonds is 5. The number of carbonyl (C=O) groups excluding carboxylic acids is 1. The van der Waals surface area contributed by atoms with Crippen LogP contribution in [-0.2, 0) is 9.53 Å². The third-order valence-electron chi connectivity index (χ3n) is 4.65. The summed E-state index contributed by atoms with van der Waals surface area (Å²) in [7, 11) is 0. The lowest BCUT2D eigenvalue weighted by Gasteiger charge is -2.22. The number of benzene rings is 1. The van der Waals surface area contributed by atoms with Crippen molar-refractivity contribution in [2.75, 3.05) is 12.3 Å². The van der Waals surface area contributed by atoms with E-state index >= 15 is 0 Å². The van der Waals surface area contributed by atoms with E-state index in [-0.39, 0.29) is 5.97 Å². The number of aromatic nitrogens is 2. The van der Waals surface area contributed by atoms with E-state index in [4.69, 9.17) is 10.5 Å². The van der Waals surface area contributed by atoms with Crippen LogP contribution in [0.5, 0.6) is 0 Å². The van der Waals surface area contributed by atoms with E-state index in [9.17, 15) is 4.79 Å². The molecule has 1 aromatic heterocycles. The van der Waals surface area contributed by atoms with Gasteiger partial charge in [0.1, 0.15) is 5.82 Å². The first kappa shape index (κ1) is 17.3. The van der Waals surface area contributed by atoms with Gasteiger partial charge in [0.2, 0.25) is 0 Å². The van der Waals surface area contributed by atoms with E-state index < -0.39 is 0 Å². The molecule has 3 rings (SSSR count). The Labute approximate surface area is 148 Å². The predicted molar refractivity (Wildman–Crippen MR) is 99.5 cm³/mol. The van der Waals surface area contributed by atoms with Gasteiger partial charge in [0.25, 0.3) is 0 Å². The summed E-state index contributed by atoms with van der Waals surface area (Å²) < 4.78 is 6.99. The zero-order chi connectivity index (χ0) is 17.6. The maximum absolute atomic E-state index is 11.4. The van der Waals surface area contributed by atoms with Gasteiger partial charge in [-0.25, -0.2) is 9.78 Å². The van der Waals surface area contributed by atoms with Gasteiger partial charge in [-0.2, -0.15) is 0 Å². The summed E-state index contributed by atoms with van der Waals surface area (Å²) >= 11 is 0. The van der Waals surface area contributed by atoms with E-state index in [1.165, 1.54) is 38.2 Å². The maximum atomic E-state index is 11.4. The molecule has 0 spiro atoms. The second-order valence-electron chi connectivity index (χ2n) is 6.39. The highest BCUT2D eigenvalue weighted by Gasteiger charge is 2.21. The molecule has 132 valence electrons. The van der Waals surface area contributed by atoms with Gasteiger partial charge >= 0.3 is 5.97 Å². The molecular weight excluding hydrogens is 314 g/mol. The molecule has 5 heteroatoms. The van der Waals surface area contributed by atoms with E-state index in [0.29, 0.717) is 18.2 Å². The van der Waals surface area contributed by atoms with Crippen LogP contribution in [0.4, 0.5) is 5.69 Å². The molecule has 1 fully saturated rings. The van der Waals surface area contributed by atoms with Gasteiger partial charge in [-0.1, -0.05) is 25.3 Å². The van der Waals surface area contributed by atoms with Gasteiger partial charge in [0.15, 0.2) is 0 Å². The number of ether oxygens (including phenoxy) is 1. The predicted octanol–water partition coefficient (Wildman–Crippen LogP) is 4.08. The van der Waals surface area contributed by atoms with Crippen LogP contribution in [0.25, 0.3) is 11.8 Å². The number of hydrogen-bond acceptors (Lipinski definition) is 4. The summed E-state index contributed by atoms with van der Waals surface area (Å²) in [6, 6.07) is 5.80. The van der Waals surface area contributed by atoms with Crippen molar-refractivity contribution in [1.82, 2.24) is 9.55 Å². The highest BCUT2D eigenvalue weighted by molar-refractivity contribution is 5.87. The summed E-state index contributed by atoms with van der Waals surface area (Å²) in [5.74, 6) is 1.26. The topological polar surface area (TPSA) is 70.1 Å². The number of imidazole rings is 1. The summed E-state index contributed by atoms with van der Waals surface area (Å²) in [6.45, 7) is 2.16. The van der Waals surface area contributed by atoms with Crippen molar-refractivity contribution >= 4 is 17.7 Å². The molecule has 2 N–H and O–H groups in total. The van der Waals surface area contributed by atoms with E-state index in [1.807, 2.05) is 30.6 Å². The highest BCUT2D eigenvalue weighted by Crippen LogP contribution is 2.33. The molecule has 0 unspecified atom stereocenters. The molecule has 1 aromatic carbocycles. The number of nitrogens with zero attached hydrogens (tertiary/aromatic N) is 2. The number of esters is 1. The van der Waals surface area contributed by atoms with Crippen LogP contribution in [0.2, 0.25) is 0 Å². The van der Waals surface area contributed by atoms with Crippen molar-refractivity contribution in [3.63, 3.8) is 0 Å². The van der Waals surface area contributed by atoms with E-state index in [0.717, 1.165) is 17.1 Å². The average molecular weight is 339 g/mol. The van der Waals surface area contributed by atoms with Gasteiger partial charge in [0.05, 0.1) is 18.0 Å². The van der Waals surface area contributed by atoms with E-state index in [2.05, 4.69) is 9.55 Å². The van der Waals surface area contributed by atoms with Gasteiger partial charge in [-0.15, -0.1) is 0 Å². The Kier molecular flexibility index (Phi) is 5.53. The Hall–Kier alpha value is -2.56. The van der Waals surface area contributed by atoms with Crippen molar-refractivity contribution in [2.24, 2.45) is 0 Å². The molecule has 0 amide bonds. The van der Waals surface area contributed by atoms with Crippen LogP contribution >= 0.6 is 0 Å². The van der Waals surface area contributed by atoms with E-state index in [1.54, 1.807) is 13.0 Å². The first-order chi connectivity index (χ1) is 12.2. The molecule has 1 aliphatic carbocycles. The third-order valence-corrected chi connectivity index (χ3v) is 4.65. The Morgan fingerprint density at radius 3 is 2.88 bits per heavy atom. The van der Waals surface area contributed by atoms with Crippen molar-refractivity contribution in [3.05, 3.63) is 48.1 Å². The Morgan fingerprint density at radius 1 is 1.36 bits per heavy atom. The Balaban J connectivity index is 1.82. The maximum Gasteiger partial charge on any atom is 0.330 e. The minimum absolute atomic E-state index is 0.348. The molecular formula is C20H25N3O2. The summed E-state index contributed by atoms with van der Waals surface area (Å²) in [5.41, 5.74) is 8.75. The SMILES string of the molecule is CCOC(=O)C=Cc1ccc(-n2ccnc2C2CCCCC2)c(N)c1. The largest absolute Gasteiger partial charge is 0.463 e. The molecule has 1 heterocycles. The lowest BCUT2D eigenvalue weighted by atomic mass is 9.88. The second-order valence-corrected chi connectivity index (χ2v) is 6.39. The van der Waals surface area contributed by atoms with Crippen molar-refractivity contribution in [2.45, 2.75) is 44.9 Å². The molecule has 0 radical (unpaired) electrons. The minimum atomic E-state index is -0.348. The van der Waals surface area contributed by atoms with Gasteiger partial charge in [0, 0.05) is 24.4 Å². The molecule has 5 nitrogen and oxygen atoms in total. The normalized spacial score (nSPS) is 15.6. The second kappa shape index (κ2) is 8.01. The van der Waals surface area contributed by atoms with Crippen LogP contribution in [0, 0.1) is 0 Å². The Bertz CT molecular complexity index is 758. The Morgan fingerprint density at radius 2 is 2.16 bits per heavy atom.